The largest absolute Gasteiger partial charge is 0.422 e. The van der Waals surface area contributed by atoms with Gasteiger partial charge in [-0.05, 0) is 18.2 Å². The van der Waals surface area contributed by atoms with Gasteiger partial charge in [-0.3, -0.25) is 4.90 Å². The lowest BCUT2D eigenvalue weighted by Gasteiger charge is -2.23. The maximum atomic E-state index is 12.5. The quantitative estimate of drug-likeness (QED) is 0.662. The Labute approximate surface area is 170 Å². The number of rotatable bonds is 4. The van der Waals surface area contributed by atoms with Gasteiger partial charge in [0.25, 0.3) is 0 Å². The zero-order chi connectivity index (χ0) is 20.6. The second-order valence-corrected chi connectivity index (χ2v) is 9.61. The Morgan fingerprint density at radius 3 is 2.71 bits per heavy atom. The van der Waals surface area contributed by atoms with Gasteiger partial charge in [0.2, 0.25) is 25.5 Å². The van der Waals surface area contributed by atoms with Gasteiger partial charge in [-0.1, -0.05) is 29.0 Å². The Kier molecular flexibility index (Phi) is 5.46. The van der Waals surface area contributed by atoms with E-state index in [2.05, 4.69) is 10.2 Å². The number of likely N-dealkylation sites (N-methyl/N-ethyl adjacent to an activating group) is 1. The van der Waals surface area contributed by atoms with Gasteiger partial charge in [-0.25, -0.2) is 22.9 Å². The smallest absolute Gasteiger partial charge is 0.416 e. The van der Waals surface area contributed by atoms with Gasteiger partial charge >= 0.3 is 12.1 Å². The highest BCUT2D eigenvalue weighted by molar-refractivity contribution is 7.92. The van der Waals surface area contributed by atoms with Crippen molar-refractivity contribution in [3.05, 3.63) is 29.3 Å². The van der Waals surface area contributed by atoms with Crippen molar-refractivity contribution in [3.63, 3.8) is 0 Å². The summed E-state index contributed by atoms with van der Waals surface area (Å²) in [4.78, 5) is 28.7. The van der Waals surface area contributed by atoms with Gasteiger partial charge in [-0.15, -0.1) is 10.2 Å². The number of amides is 3. The highest BCUT2D eigenvalue weighted by Gasteiger charge is 2.41. The van der Waals surface area contributed by atoms with Crippen LogP contribution in [0.4, 0.5) is 20.4 Å². The predicted octanol–water partition coefficient (Wildman–Crippen LogP) is 2.07. The molecule has 0 N–H and O–H groups in total. The Balaban J connectivity index is 1.82. The fourth-order valence-corrected chi connectivity index (χ4v) is 4.25. The number of hydrogen-bond acceptors (Lipinski definition) is 8. The van der Waals surface area contributed by atoms with E-state index < -0.39 is 28.2 Å². The van der Waals surface area contributed by atoms with Crippen LogP contribution >= 0.6 is 22.9 Å². The van der Waals surface area contributed by atoms with Crippen LogP contribution in [0.2, 0.25) is 5.02 Å². The Morgan fingerprint density at radius 2 is 2.11 bits per heavy atom. The molecule has 1 aromatic heterocycles. The van der Waals surface area contributed by atoms with E-state index in [0.29, 0.717) is 10.7 Å². The summed E-state index contributed by atoms with van der Waals surface area (Å²) in [5.74, 6) is 0. The van der Waals surface area contributed by atoms with Crippen molar-refractivity contribution >= 4 is 55.7 Å². The van der Waals surface area contributed by atoms with Crippen LogP contribution in [0.25, 0.3) is 0 Å². The van der Waals surface area contributed by atoms with Gasteiger partial charge in [0.15, 0.2) is 0 Å². The summed E-state index contributed by atoms with van der Waals surface area (Å²) in [5, 5.41) is 7.85. The molecule has 2 aromatic rings. The fraction of sp³-hybridized carbons (Fsp3) is 0.333. The van der Waals surface area contributed by atoms with Gasteiger partial charge in [0, 0.05) is 31.1 Å². The van der Waals surface area contributed by atoms with E-state index in [1.165, 1.54) is 23.9 Å². The third kappa shape index (κ3) is 4.03. The van der Waals surface area contributed by atoms with E-state index in [-0.39, 0.29) is 16.0 Å². The summed E-state index contributed by atoms with van der Waals surface area (Å²) >= 11 is 6.67. The van der Waals surface area contributed by atoms with Crippen LogP contribution in [0.1, 0.15) is 0 Å². The molecule has 13 heteroatoms. The standard InChI is InChI=1S/C15H16ClN5O5S2/c1-19-8-11(26-15(23)20(2)10-6-4-5-9(16)7-10)21(14(19)22)12-17-18-13(27-12)28(3,24)25/h4-7,11H,8H2,1-3H3. The van der Waals surface area contributed by atoms with Crippen molar-refractivity contribution in [3.8, 4) is 0 Å². The molecule has 1 aromatic carbocycles. The number of aromatic nitrogens is 2. The number of nitrogens with zero attached hydrogens (tertiary/aromatic N) is 5. The van der Waals surface area contributed by atoms with Gasteiger partial charge in [-0.2, -0.15) is 0 Å². The molecule has 28 heavy (non-hydrogen) atoms. The zero-order valence-corrected chi connectivity index (χ0v) is 17.5. The van der Waals surface area contributed by atoms with Gasteiger partial charge < -0.3 is 9.64 Å². The summed E-state index contributed by atoms with van der Waals surface area (Å²) in [7, 11) is -0.536. The lowest BCUT2D eigenvalue weighted by atomic mass is 10.3. The first kappa shape index (κ1) is 20.3. The molecule has 1 atom stereocenters. The van der Waals surface area contributed by atoms with Gasteiger partial charge in [0.1, 0.15) is 0 Å². The summed E-state index contributed by atoms with van der Waals surface area (Å²) in [6, 6.07) is 6.15. The molecule has 3 amide bonds. The Bertz CT molecular complexity index is 1030. The molecule has 0 radical (unpaired) electrons. The number of ether oxygens (including phenoxy) is 1. The van der Waals surface area contributed by atoms with Crippen LogP contribution in [0.3, 0.4) is 0 Å². The maximum Gasteiger partial charge on any atom is 0.416 e. The first-order valence-corrected chi connectivity index (χ1v) is 10.9. The minimum Gasteiger partial charge on any atom is -0.422 e. The molecule has 0 saturated carbocycles. The van der Waals surface area contributed by atoms with Crippen LogP contribution in [0.5, 0.6) is 0 Å². The topological polar surface area (TPSA) is 113 Å². The molecule has 0 bridgehead atoms. The number of benzene rings is 1. The van der Waals surface area contributed by atoms with Crippen molar-refractivity contribution in [1.82, 2.24) is 15.1 Å². The van der Waals surface area contributed by atoms with E-state index in [1.807, 2.05) is 0 Å². The first-order chi connectivity index (χ1) is 13.1. The molecule has 1 unspecified atom stereocenters. The summed E-state index contributed by atoms with van der Waals surface area (Å²) in [6.45, 7) is 0.0851. The summed E-state index contributed by atoms with van der Waals surface area (Å²) < 4.78 is 28.5. The predicted molar refractivity (Wildman–Crippen MR) is 104 cm³/mol. The lowest BCUT2D eigenvalue weighted by Crippen LogP contribution is -2.40. The third-order valence-corrected chi connectivity index (χ3v) is 6.70. The first-order valence-electron chi connectivity index (χ1n) is 7.85. The highest BCUT2D eigenvalue weighted by Crippen LogP contribution is 2.30. The molecule has 10 nitrogen and oxygen atoms in total. The molecule has 3 rings (SSSR count). The SMILES string of the molecule is CN1CC(OC(=O)N(C)c2cccc(Cl)c2)N(c2nnc(S(C)(=O)=O)s2)C1=O. The fourth-order valence-electron chi connectivity index (χ4n) is 2.43. The number of carbonyl (C=O) groups excluding carboxylic acids is 2. The molecule has 2 heterocycles. The normalized spacial score (nSPS) is 17.1. The van der Waals surface area contributed by atoms with Crippen LogP contribution in [-0.2, 0) is 14.6 Å². The number of hydrogen-bond donors (Lipinski definition) is 0. The minimum absolute atomic E-state index is 0.0259. The number of sulfone groups is 1. The molecule has 1 aliphatic heterocycles. The molecule has 150 valence electrons. The number of anilines is 2. The third-order valence-electron chi connectivity index (χ3n) is 3.88. The van der Waals surface area contributed by atoms with Crippen molar-refractivity contribution in [2.75, 3.05) is 36.7 Å². The monoisotopic (exact) mass is 445 g/mol. The summed E-state index contributed by atoms with van der Waals surface area (Å²) in [6.07, 6.45) is -0.715. The van der Waals surface area contributed by atoms with Crippen molar-refractivity contribution in [1.29, 1.82) is 0 Å². The molecular formula is C15H16ClN5O5S2. The maximum absolute atomic E-state index is 12.5. The summed E-state index contributed by atoms with van der Waals surface area (Å²) in [5.41, 5.74) is 0.511. The average Bonchev–Trinajstić information content (AvgIpc) is 3.19. The highest BCUT2D eigenvalue weighted by atomic mass is 35.5. The molecule has 0 spiro atoms. The van der Waals surface area contributed by atoms with E-state index in [4.69, 9.17) is 16.3 Å². The van der Waals surface area contributed by atoms with E-state index in [1.54, 1.807) is 24.3 Å². The van der Waals surface area contributed by atoms with Crippen molar-refractivity contribution in [2.24, 2.45) is 0 Å². The van der Waals surface area contributed by atoms with Crippen LogP contribution < -0.4 is 9.80 Å². The second-order valence-electron chi connectivity index (χ2n) is 6.03. The van der Waals surface area contributed by atoms with Crippen LogP contribution in [-0.4, -0.2) is 68.8 Å². The lowest BCUT2D eigenvalue weighted by molar-refractivity contribution is 0.111. The van der Waals surface area contributed by atoms with Gasteiger partial charge in [0.05, 0.1) is 6.54 Å². The van der Waals surface area contributed by atoms with Crippen LogP contribution in [0.15, 0.2) is 28.6 Å². The number of carbonyl (C=O) groups is 2. The van der Waals surface area contributed by atoms with Crippen molar-refractivity contribution < 1.29 is 22.7 Å². The molecule has 1 saturated heterocycles. The molecule has 1 fully saturated rings. The van der Waals surface area contributed by atoms with E-state index in [0.717, 1.165) is 22.5 Å². The number of halogens is 1. The molecule has 0 aliphatic carbocycles. The Hall–Kier alpha value is -2.44. The van der Waals surface area contributed by atoms with Crippen molar-refractivity contribution in [2.45, 2.75) is 10.6 Å². The second kappa shape index (κ2) is 7.53. The van der Waals surface area contributed by atoms with E-state index in [9.17, 15) is 18.0 Å². The molecular weight excluding hydrogens is 430 g/mol. The average molecular weight is 446 g/mol. The Morgan fingerprint density at radius 1 is 1.39 bits per heavy atom. The molecule has 1 aliphatic rings. The minimum atomic E-state index is -3.57. The number of urea groups is 1. The zero-order valence-electron chi connectivity index (χ0n) is 15.1. The van der Waals surface area contributed by atoms with E-state index >= 15 is 0 Å². The van der Waals surface area contributed by atoms with Crippen LogP contribution in [0, 0.1) is 0 Å².